The molecule has 3 heteroatoms. The molecule has 0 amide bonds. The first-order valence-corrected chi connectivity index (χ1v) is 2.49. The lowest BCUT2D eigenvalue weighted by molar-refractivity contribution is -0.115. The summed E-state index contributed by atoms with van der Waals surface area (Å²) in [4.78, 5) is 29.5. The van der Waals surface area contributed by atoms with Gasteiger partial charge in [0.2, 0.25) is 5.78 Å². The van der Waals surface area contributed by atoms with E-state index in [1.54, 1.807) is 0 Å². The number of ketones is 1. The van der Waals surface area contributed by atoms with Crippen molar-refractivity contribution in [3.8, 4) is 0 Å². The third kappa shape index (κ3) is 2.74. The van der Waals surface area contributed by atoms with Crippen LogP contribution in [0.4, 0.5) is 0 Å². The summed E-state index contributed by atoms with van der Waals surface area (Å²) in [5, 5.41) is 0. The predicted molar refractivity (Wildman–Crippen MR) is 30.2 cm³/mol. The van der Waals surface area contributed by atoms with Gasteiger partial charge in [0, 0.05) is 12.3 Å². The molecule has 0 N–H and O–H groups in total. The smallest absolute Gasteiger partial charge is 0.272 e. The highest BCUT2D eigenvalue weighted by molar-refractivity contribution is 6.26. The van der Waals surface area contributed by atoms with Crippen LogP contribution in [0.2, 0.25) is 0 Å². The monoisotopic (exact) mass is 126 g/mol. The third-order valence-corrected chi connectivity index (χ3v) is 0.938. The van der Waals surface area contributed by atoms with Crippen LogP contribution >= 0.6 is 0 Å². The number of carbonyl (C=O) groups excluding carboxylic acids is 3. The molecule has 2 radical (unpaired) electrons. The van der Waals surface area contributed by atoms with Gasteiger partial charge < -0.3 is 0 Å². The second kappa shape index (κ2) is 3.95. The molecule has 1 unspecified atom stereocenters. The molecule has 0 heterocycles. The molecule has 0 rings (SSSR count). The summed E-state index contributed by atoms with van der Waals surface area (Å²) in [7, 11) is 0. The number of rotatable bonds is 4. The molecule has 0 aromatic carbocycles. The van der Waals surface area contributed by atoms with E-state index >= 15 is 0 Å². The van der Waals surface area contributed by atoms with Crippen LogP contribution < -0.4 is 0 Å². The van der Waals surface area contributed by atoms with Crippen LogP contribution in [0, 0.1) is 5.92 Å². The van der Waals surface area contributed by atoms with Gasteiger partial charge in [-0.1, -0.05) is 6.92 Å². The van der Waals surface area contributed by atoms with Crippen molar-refractivity contribution >= 4 is 18.4 Å². The van der Waals surface area contributed by atoms with Crippen LogP contribution in [0.1, 0.15) is 13.3 Å². The molecule has 0 spiro atoms. The topological polar surface area (TPSA) is 51.2 Å². The van der Waals surface area contributed by atoms with Crippen molar-refractivity contribution in [2.45, 2.75) is 13.3 Å². The van der Waals surface area contributed by atoms with Gasteiger partial charge in [-0.05, 0) is 0 Å². The second-order valence-corrected chi connectivity index (χ2v) is 1.72. The van der Waals surface area contributed by atoms with E-state index in [1.807, 2.05) is 0 Å². The van der Waals surface area contributed by atoms with E-state index in [0.29, 0.717) is 0 Å². The third-order valence-electron chi connectivity index (χ3n) is 0.938. The van der Waals surface area contributed by atoms with Crippen LogP contribution in [-0.4, -0.2) is 18.4 Å². The molecular formula is C6H6O3. The van der Waals surface area contributed by atoms with E-state index in [-0.39, 0.29) is 6.42 Å². The van der Waals surface area contributed by atoms with Gasteiger partial charge in [0.15, 0.2) is 6.29 Å². The quantitative estimate of drug-likeness (QED) is 0.490. The maximum Gasteiger partial charge on any atom is 0.272 e. The van der Waals surface area contributed by atoms with E-state index in [4.69, 9.17) is 0 Å². The Morgan fingerprint density at radius 3 is 2.44 bits per heavy atom. The minimum atomic E-state index is -0.668. The molecule has 48 valence electrons. The highest BCUT2D eigenvalue weighted by Crippen LogP contribution is 1.97. The number of Topliss-reactive ketones (excluding diaryl/α,β-unsaturated/α-hetero) is 1. The van der Waals surface area contributed by atoms with Gasteiger partial charge in [-0.25, -0.2) is 0 Å². The van der Waals surface area contributed by atoms with Gasteiger partial charge in [-0.3, -0.25) is 14.4 Å². The average Bonchev–Trinajstić information content (AvgIpc) is 1.87. The van der Waals surface area contributed by atoms with Crippen molar-refractivity contribution in [3.05, 3.63) is 0 Å². The van der Waals surface area contributed by atoms with E-state index in [9.17, 15) is 14.4 Å². The SMILES string of the molecule is CC(C[C]=O)C(=O)[C]=O. The molecule has 9 heavy (non-hydrogen) atoms. The normalized spacial score (nSPS) is 12.1. The molecule has 0 fully saturated rings. The average molecular weight is 126 g/mol. The fraction of sp³-hybridized carbons (Fsp3) is 0.500. The number of hydrogen-bond acceptors (Lipinski definition) is 3. The summed E-state index contributed by atoms with van der Waals surface area (Å²) in [6, 6.07) is 0. The van der Waals surface area contributed by atoms with Gasteiger partial charge in [-0.15, -0.1) is 0 Å². The first kappa shape index (κ1) is 8.01. The van der Waals surface area contributed by atoms with Crippen LogP contribution in [0.25, 0.3) is 0 Å². The Morgan fingerprint density at radius 1 is 1.56 bits per heavy atom. The summed E-state index contributed by atoms with van der Waals surface area (Å²) in [5.74, 6) is -1.22. The first-order chi connectivity index (χ1) is 4.22. The molecular weight excluding hydrogens is 120 g/mol. The van der Waals surface area contributed by atoms with E-state index in [2.05, 4.69) is 0 Å². The van der Waals surface area contributed by atoms with Gasteiger partial charge in [0.05, 0.1) is 0 Å². The van der Waals surface area contributed by atoms with Crippen molar-refractivity contribution in [1.82, 2.24) is 0 Å². The Balaban J connectivity index is 3.71. The Kier molecular flexibility index (Phi) is 3.51. The molecule has 0 aliphatic carbocycles. The molecule has 0 saturated carbocycles. The number of carbonyl (C=O) groups is 1. The standard InChI is InChI=1S/C6H6O3/c1-5(2-3-7)6(9)4-8/h5H,2H2,1H3. The van der Waals surface area contributed by atoms with Gasteiger partial charge in [-0.2, -0.15) is 0 Å². The van der Waals surface area contributed by atoms with Crippen molar-refractivity contribution in [2.75, 3.05) is 0 Å². The highest BCUT2D eigenvalue weighted by atomic mass is 16.2. The Hall–Kier alpha value is -0.990. The van der Waals surface area contributed by atoms with Gasteiger partial charge in [0.25, 0.3) is 6.29 Å². The summed E-state index contributed by atoms with van der Waals surface area (Å²) in [6.07, 6.45) is 2.69. The second-order valence-electron chi connectivity index (χ2n) is 1.72. The van der Waals surface area contributed by atoms with Crippen molar-refractivity contribution in [1.29, 1.82) is 0 Å². The summed E-state index contributed by atoms with van der Waals surface area (Å²) in [6.45, 7) is 1.48. The fourth-order valence-electron chi connectivity index (χ4n) is 0.318. The predicted octanol–water partition coefficient (Wildman–Crippen LogP) is -0.199. The zero-order valence-electron chi connectivity index (χ0n) is 5.01. The number of hydrogen-bond donors (Lipinski definition) is 0. The van der Waals surface area contributed by atoms with Crippen molar-refractivity contribution < 1.29 is 14.4 Å². The lowest BCUT2D eigenvalue weighted by Gasteiger charge is -1.95. The van der Waals surface area contributed by atoms with E-state index in [0.717, 1.165) is 0 Å². The zero-order valence-corrected chi connectivity index (χ0v) is 5.01. The van der Waals surface area contributed by atoms with E-state index < -0.39 is 11.7 Å². The Labute approximate surface area is 53.0 Å². The minimum absolute atomic E-state index is 0.0198. The Morgan fingerprint density at radius 2 is 2.11 bits per heavy atom. The zero-order chi connectivity index (χ0) is 7.28. The molecule has 0 aromatic heterocycles. The fourth-order valence-corrected chi connectivity index (χ4v) is 0.318. The largest absolute Gasteiger partial charge is 0.291 e. The molecule has 3 nitrogen and oxygen atoms in total. The van der Waals surface area contributed by atoms with Crippen LogP contribution in [0.3, 0.4) is 0 Å². The Bertz CT molecular complexity index is 128. The summed E-state index contributed by atoms with van der Waals surface area (Å²) in [5.41, 5.74) is 0. The lowest BCUT2D eigenvalue weighted by atomic mass is 10.1. The summed E-state index contributed by atoms with van der Waals surface area (Å²) < 4.78 is 0. The molecule has 1 atom stereocenters. The molecule has 0 aliphatic rings. The van der Waals surface area contributed by atoms with Crippen LogP contribution in [0.15, 0.2) is 0 Å². The van der Waals surface area contributed by atoms with Crippen molar-refractivity contribution in [3.63, 3.8) is 0 Å². The summed E-state index contributed by atoms with van der Waals surface area (Å²) >= 11 is 0. The molecule has 0 saturated heterocycles. The van der Waals surface area contributed by atoms with E-state index in [1.165, 1.54) is 19.5 Å². The first-order valence-electron chi connectivity index (χ1n) is 2.49. The van der Waals surface area contributed by atoms with Crippen LogP contribution in [-0.2, 0) is 14.4 Å². The minimum Gasteiger partial charge on any atom is -0.291 e. The van der Waals surface area contributed by atoms with Gasteiger partial charge in [0.1, 0.15) is 0 Å². The molecule has 0 aromatic rings. The van der Waals surface area contributed by atoms with Gasteiger partial charge >= 0.3 is 0 Å². The lowest BCUT2D eigenvalue weighted by Crippen LogP contribution is -2.11. The molecule has 0 aliphatic heterocycles. The van der Waals surface area contributed by atoms with Crippen molar-refractivity contribution in [2.24, 2.45) is 5.92 Å². The maximum absolute atomic E-state index is 10.3. The highest BCUT2D eigenvalue weighted by Gasteiger charge is 2.11. The molecule has 0 bridgehead atoms. The van der Waals surface area contributed by atoms with Crippen LogP contribution in [0.5, 0.6) is 0 Å². The maximum atomic E-state index is 10.3.